The number of aliphatic hydroxyl groups is 1. The molecule has 1 aromatic heterocycles. The Labute approximate surface area is 168 Å². The van der Waals surface area contributed by atoms with Crippen LogP contribution in [0.25, 0.3) is 0 Å². The van der Waals surface area contributed by atoms with Crippen molar-refractivity contribution in [2.24, 2.45) is 0 Å². The van der Waals surface area contributed by atoms with Gasteiger partial charge in [0.2, 0.25) is 0 Å². The van der Waals surface area contributed by atoms with Crippen molar-refractivity contribution in [1.82, 2.24) is 20.0 Å². The van der Waals surface area contributed by atoms with E-state index in [0.717, 1.165) is 25.4 Å². The van der Waals surface area contributed by atoms with Gasteiger partial charge in [-0.2, -0.15) is 5.10 Å². The van der Waals surface area contributed by atoms with Crippen LogP contribution in [0.15, 0.2) is 42.7 Å². The van der Waals surface area contributed by atoms with E-state index in [4.69, 9.17) is 4.74 Å². The number of ether oxygens (including phenoxy) is 1. The molecule has 1 aliphatic carbocycles. The second-order valence-corrected chi connectivity index (χ2v) is 7.79. The molecule has 1 aliphatic rings. The Morgan fingerprint density at radius 2 is 2.14 bits per heavy atom. The van der Waals surface area contributed by atoms with Crippen LogP contribution >= 0.6 is 0 Å². The molecule has 6 nitrogen and oxygen atoms in total. The monoisotopic (exact) mass is 386 g/mol. The summed E-state index contributed by atoms with van der Waals surface area (Å²) in [5.41, 5.74) is 1.17. The maximum Gasteiger partial charge on any atom is 0.119 e. The summed E-state index contributed by atoms with van der Waals surface area (Å²) in [4.78, 5) is 2.30. The van der Waals surface area contributed by atoms with Crippen molar-refractivity contribution >= 4 is 0 Å². The fraction of sp³-hybridized carbons (Fsp3) is 0.591. The molecule has 1 aromatic carbocycles. The predicted molar refractivity (Wildman–Crippen MR) is 111 cm³/mol. The zero-order valence-corrected chi connectivity index (χ0v) is 17.0. The van der Waals surface area contributed by atoms with Gasteiger partial charge in [0.15, 0.2) is 0 Å². The molecule has 0 spiro atoms. The molecule has 154 valence electrons. The minimum atomic E-state index is -0.470. The van der Waals surface area contributed by atoms with Crippen molar-refractivity contribution in [3.63, 3.8) is 0 Å². The zero-order valence-electron chi connectivity index (χ0n) is 17.0. The minimum Gasteiger partial charge on any atom is -0.491 e. The average Bonchev–Trinajstić information content (AvgIpc) is 3.24. The van der Waals surface area contributed by atoms with Crippen molar-refractivity contribution in [2.45, 2.75) is 57.3 Å². The third-order valence-electron chi connectivity index (χ3n) is 5.44. The Balaban J connectivity index is 1.36. The molecular weight excluding hydrogens is 352 g/mol. The molecular formula is C22H34N4O2. The molecule has 2 aromatic rings. The Kier molecular flexibility index (Phi) is 8.33. The number of likely N-dealkylation sites (N-methyl/N-ethyl adjacent to an activating group) is 1. The van der Waals surface area contributed by atoms with Crippen molar-refractivity contribution in [1.29, 1.82) is 0 Å². The van der Waals surface area contributed by atoms with Gasteiger partial charge in [0.05, 0.1) is 6.54 Å². The van der Waals surface area contributed by atoms with Gasteiger partial charge in [0.1, 0.15) is 18.5 Å². The number of nitrogens with one attached hydrogen (secondary N) is 1. The summed E-state index contributed by atoms with van der Waals surface area (Å²) in [5.74, 6) is 0.811. The lowest BCUT2D eigenvalue weighted by Gasteiger charge is -2.32. The molecule has 1 saturated carbocycles. The average molecular weight is 387 g/mol. The van der Waals surface area contributed by atoms with Crippen LogP contribution in [-0.4, -0.2) is 58.7 Å². The third kappa shape index (κ3) is 6.93. The summed E-state index contributed by atoms with van der Waals surface area (Å²) in [5, 5.41) is 18.0. The van der Waals surface area contributed by atoms with Crippen LogP contribution in [0.2, 0.25) is 0 Å². The van der Waals surface area contributed by atoms with Gasteiger partial charge < -0.3 is 20.1 Å². The van der Waals surface area contributed by atoms with Crippen LogP contribution in [0.3, 0.4) is 0 Å². The quantitative estimate of drug-likeness (QED) is 0.582. The maximum absolute atomic E-state index is 10.4. The lowest BCUT2D eigenvalue weighted by atomic mass is 9.94. The van der Waals surface area contributed by atoms with Crippen molar-refractivity contribution in [3.05, 3.63) is 48.3 Å². The molecule has 2 N–H and O–H groups in total. The van der Waals surface area contributed by atoms with Crippen LogP contribution < -0.4 is 10.1 Å². The first-order valence-corrected chi connectivity index (χ1v) is 10.5. The first-order chi connectivity index (χ1) is 13.7. The van der Waals surface area contributed by atoms with Gasteiger partial charge in [-0.05, 0) is 43.7 Å². The van der Waals surface area contributed by atoms with E-state index < -0.39 is 6.10 Å². The second kappa shape index (κ2) is 11.2. The molecule has 1 heterocycles. The Morgan fingerprint density at radius 1 is 1.29 bits per heavy atom. The molecule has 0 bridgehead atoms. The molecule has 28 heavy (non-hydrogen) atoms. The number of benzene rings is 1. The number of aromatic nitrogens is 2. The summed E-state index contributed by atoms with van der Waals surface area (Å²) >= 11 is 0. The highest BCUT2D eigenvalue weighted by Crippen LogP contribution is 2.21. The molecule has 0 amide bonds. The normalized spacial score (nSPS) is 16.4. The van der Waals surface area contributed by atoms with Gasteiger partial charge in [0, 0.05) is 38.1 Å². The summed E-state index contributed by atoms with van der Waals surface area (Å²) in [7, 11) is 2.12. The number of nitrogens with zero attached hydrogens (tertiary/aromatic N) is 3. The summed E-state index contributed by atoms with van der Waals surface area (Å²) in [6.45, 7) is 3.49. The van der Waals surface area contributed by atoms with E-state index in [9.17, 15) is 5.11 Å². The summed E-state index contributed by atoms with van der Waals surface area (Å²) in [6.07, 6.45) is 9.76. The smallest absolute Gasteiger partial charge is 0.119 e. The predicted octanol–water partition coefficient (Wildman–Crippen LogP) is 2.68. The van der Waals surface area contributed by atoms with E-state index in [1.807, 2.05) is 35.1 Å². The highest BCUT2D eigenvalue weighted by atomic mass is 16.5. The van der Waals surface area contributed by atoms with Crippen LogP contribution in [0, 0.1) is 0 Å². The topological polar surface area (TPSA) is 62.6 Å². The highest BCUT2D eigenvalue weighted by Gasteiger charge is 2.20. The van der Waals surface area contributed by atoms with Crippen LogP contribution in [-0.2, 0) is 13.1 Å². The number of hydrogen-bond donors (Lipinski definition) is 2. The van der Waals surface area contributed by atoms with Crippen molar-refractivity contribution < 1.29 is 9.84 Å². The van der Waals surface area contributed by atoms with E-state index in [1.54, 1.807) is 6.20 Å². The fourth-order valence-corrected chi connectivity index (χ4v) is 3.85. The van der Waals surface area contributed by atoms with Crippen LogP contribution in [0.1, 0.15) is 37.7 Å². The lowest BCUT2D eigenvalue weighted by molar-refractivity contribution is 0.0561. The van der Waals surface area contributed by atoms with Gasteiger partial charge in [-0.3, -0.25) is 4.68 Å². The molecule has 0 unspecified atom stereocenters. The van der Waals surface area contributed by atoms with Crippen molar-refractivity contribution in [3.8, 4) is 5.75 Å². The van der Waals surface area contributed by atoms with Gasteiger partial charge >= 0.3 is 0 Å². The van der Waals surface area contributed by atoms with Gasteiger partial charge in [-0.15, -0.1) is 0 Å². The van der Waals surface area contributed by atoms with Crippen LogP contribution in [0.4, 0.5) is 0 Å². The lowest BCUT2D eigenvalue weighted by Crippen LogP contribution is -2.40. The van der Waals surface area contributed by atoms with Gasteiger partial charge in [-0.25, -0.2) is 0 Å². The zero-order chi connectivity index (χ0) is 19.6. The van der Waals surface area contributed by atoms with Gasteiger partial charge in [-0.1, -0.05) is 31.4 Å². The fourth-order valence-electron chi connectivity index (χ4n) is 3.85. The highest BCUT2D eigenvalue weighted by molar-refractivity contribution is 5.28. The molecule has 3 rings (SSSR count). The minimum absolute atomic E-state index is 0.327. The van der Waals surface area contributed by atoms with Gasteiger partial charge in [0.25, 0.3) is 0 Å². The first kappa shape index (κ1) is 20.8. The number of hydrogen-bond acceptors (Lipinski definition) is 5. The van der Waals surface area contributed by atoms with Crippen molar-refractivity contribution in [2.75, 3.05) is 26.7 Å². The van der Waals surface area contributed by atoms with E-state index in [1.165, 1.54) is 37.7 Å². The molecule has 0 radical (unpaired) electrons. The van der Waals surface area contributed by atoms with E-state index >= 15 is 0 Å². The molecule has 0 saturated heterocycles. The maximum atomic E-state index is 10.4. The first-order valence-electron chi connectivity index (χ1n) is 10.5. The molecule has 1 atom stereocenters. The molecule has 0 aliphatic heterocycles. The van der Waals surface area contributed by atoms with E-state index in [0.29, 0.717) is 19.2 Å². The van der Waals surface area contributed by atoms with E-state index in [-0.39, 0.29) is 0 Å². The number of rotatable bonds is 11. The van der Waals surface area contributed by atoms with E-state index in [2.05, 4.69) is 28.4 Å². The third-order valence-corrected chi connectivity index (χ3v) is 5.44. The summed E-state index contributed by atoms with van der Waals surface area (Å²) < 4.78 is 7.76. The Bertz CT molecular complexity index is 671. The Morgan fingerprint density at radius 3 is 2.93 bits per heavy atom. The largest absolute Gasteiger partial charge is 0.491 e. The van der Waals surface area contributed by atoms with Crippen LogP contribution in [0.5, 0.6) is 5.75 Å². The SMILES string of the molecule is CN(C[C@@H](O)COc1cccc(CNCCn2cccn2)c1)C1CCCCC1. The number of aliphatic hydroxyl groups excluding tert-OH is 1. The second-order valence-electron chi connectivity index (χ2n) is 7.79. The Hall–Kier alpha value is -1.89. The summed E-state index contributed by atoms with van der Waals surface area (Å²) in [6, 6.07) is 10.6. The molecule has 6 heteroatoms. The standard InChI is InChI=1S/C22H34N4O2/c1-25(20-8-3-2-4-9-20)17-21(27)18-28-22-10-5-7-19(15-22)16-23-12-14-26-13-6-11-24-26/h5-7,10-11,13,15,20-21,23,27H,2-4,8-9,12,14,16-18H2,1H3/t21-/m1/s1. The molecule has 1 fully saturated rings.